The molecule has 2 atom stereocenters. The summed E-state index contributed by atoms with van der Waals surface area (Å²) in [5.41, 5.74) is 5.38. The molecule has 1 saturated carbocycles. The van der Waals surface area contributed by atoms with Crippen LogP contribution < -0.4 is 5.73 Å². The van der Waals surface area contributed by atoms with E-state index < -0.39 is 17.2 Å². The second-order valence-electron chi connectivity index (χ2n) is 5.04. The highest BCUT2D eigenvalue weighted by atomic mass is 19.1. The quantitative estimate of drug-likeness (QED) is 0.833. The Labute approximate surface area is 99.4 Å². The van der Waals surface area contributed by atoms with Gasteiger partial charge in [0.05, 0.1) is 5.60 Å². The van der Waals surface area contributed by atoms with Gasteiger partial charge in [0, 0.05) is 18.5 Å². The van der Waals surface area contributed by atoms with Crippen LogP contribution in [0, 0.1) is 11.6 Å². The summed E-state index contributed by atoms with van der Waals surface area (Å²) in [5.74, 6) is -1.22. The highest BCUT2D eigenvalue weighted by Crippen LogP contribution is 2.31. The maximum atomic E-state index is 13.0. The van der Waals surface area contributed by atoms with Gasteiger partial charge in [-0.3, -0.25) is 0 Å². The highest BCUT2D eigenvalue weighted by molar-refractivity contribution is 5.20. The normalized spacial score (nSPS) is 29.3. The lowest BCUT2D eigenvalue weighted by Crippen LogP contribution is -2.42. The summed E-state index contributed by atoms with van der Waals surface area (Å²) in [4.78, 5) is 0. The number of halogens is 2. The highest BCUT2D eigenvalue weighted by Gasteiger charge is 2.33. The van der Waals surface area contributed by atoms with E-state index in [1.54, 1.807) is 0 Å². The first-order valence-electron chi connectivity index (χ1n) is 5.90. The lowest BCUT2D eigenvalue weighted by Gasteiger charge is -2.35. The molecule has 3 N–H and O–H groups in total. The fourth-order valence-electron chi connectivity index (χ4n) is 2.64. The first kappa shape index (κ1) is 12.5. The van der Waals surface area contributed by atoms with E-state index in [0.29, 0.717) is 18.4 Å². The van der Waals surface area contributed by atoms with Crippen molar-refractivity contribution in [2.75, 3.05) is 0 Å². The number of aliphatic hydroxyl groups is 1. The molecule has 0 heterocycles. The Morgan fingerprint density at radius 1 is 1.29 bits per heavy atom. The summed E-state index contributed by atoms with van der Waals surface area (Å²) in [6, 6.07) is 3.34. The molecular formula is C13H17F2NO. The molecule has 2 unspecified atom stereocenters. The zero-order valence-electron chi connectivity index (χ0n) is 9.63. The van der Waals surface area contributed by atoms with Gasteiger partial charge in [-0.25, -0.2) is 8.78 Å². The van der Waals surface area contributed by atoms with E-state index >= 15 is 0 Å². The molecule has 1 aliphatic rings. The maximum absolute atomic E-state index is 13.0. The molecule has 1 fully saturated rings. The Balaban J connectivity index is 2.13. The lowest BCUT2D eigenvalue weighted by molar-refractivity contribution is -0.00198. The molecule has 0 saturated heterocycles. The van der Waals surface area contributed by atoms with Crippen LogP contribution in [0.4, 0.5) is 8.78 Å². The molecule has 94 valence electrons. The van der Waals surface area contributed by atoms with Crippen LogP contribution in [0.5, 0.6) is 0 Å². The van der Waals surface area contributed by atoms with Crippen molar-refractivity contribution < 1.29 is 13.9 Å². The summed E-state index contributed by atoms with van der Waals surface area (Å²) in [7, 11) is 0. The predicted octanol–water partition coefficient (Wildman–Crippen LogP) is 2.14. The van der Waals surface area contributed by atoms with E-state index in [2.05, 4.69) is 0 Å². The van der Waals surface area contributed by atoms with Gasteiger partial charge < -0.3 is 10.8 Å². The molecule has 0 aliphatic heterocycles. The molecule has 1 aliphatic carbocycles. The van der Waals surface area contributed by atoms with Gasteiger partial charge in [0.25, 0.3) is 0 Å². The molecule has 0 aromatic heterocycles. The van der Waals surface area contributed by atoms with Crippen molar-refractivity contribution in [1.29, 1.82) is 0 Å². The Morgan fingerprint density at radius 2 is 1.94 bits per heavy atom. The van der Waals surface area contributed by atoms with Crippen molar-refractivity contribution in [1.82, 2.24) is 0 Å². The summed E-state index contributed by atoms with van der Waals surface area (Å²) in [5, 5.41) is 10.4. The molecule has 1 aromatic rings. The molecule has 1 aromatic carbocycles. The van der Waals surface area contributed by atoms with Gasteiger partial charge >= 0.3 is 0 Å². The average Bonchev–Trinajstić information content (AvgIpc) is 2.13. The maximum Gasteiger partial charge on any atom is 0.126 e. The molecule has 4 heteroatoms. The van der Waals surface area contributed by atoms with Gasteiger partial charge in [-0.1, -0.05) is 0 Å². The van der Waals surface area contributed by atoms with Gasteiger partial charge in [-0.15, -0.1) is 0 Å². The number of hydrogen-bond acceptors (Lipinski definition) is 2. The third-order valence-electron chi connectivity index (χ3n) is 3.31. The van der Waals surface area contributed by atoms with Crippen LogP contribution in [-0.4, -0.2) is 16.7 Å². The summed E-state index contributed by atoms with van der Waals surface area (Å²) < 4.78 is 26.1. The Morgan fingerprint density at radius 3 is 2.53 bits per heavy atom. The molecular weight excluding hydrogens is 224 g/mol. The molecule has 0 amide bonds. The summed E-state index contributed by atoms with van der Waals surface area (Å²) in [6.07, 6.45) is 3.15. The van der Waals surface area contributed by atoms with Crippen LogP contribution in [-0.2, 0) is 6.42 Å². The molecule has 0 radical (unpaired) electrons. The van der Waals surface area contributed by atoms with Crippen LogP contribution in [0.1, 0.15) is 31.2 Å². The van der Waals surface area contributed by atoms with Crippen LogP contribution in [0.2, 0.25) is 0 Å². The van der Waals surface area contributed by atoms with Crippen LogP contribution in [0.25, 0.3) is 0 Å². The number of hydrogen-bond donors (Lipinski definition) is 2. The standard InChI is InChI=1S/C13H17F2NO/c14-10-4-9(5-11(15)6-10)7-13(17)3-1-2-12(16)8-13/h4-6,12,17H,1-3,7-8,16H2. The number of nitrogens with two attached hydrogens (primary N) is 1. The van der Waals surface area contributed by atoms with E-state index in [4.69, 9.17) is 5.73 Å². The summed E-state index contributed by atoms with van der Waals surface area (Å²) in [6.45, 7) is 0. The van der Waals surface area contributed by atoms with Crippen LogP contribution in [0.15, 0.2) is 18.2 Å². The van der Waals surface area contributed by atoms with Gasteiger partial charge in [0.2, 0.25) is 0 Å². The van der Waals surface area contributed by atoms with Crippen molar-refractivity contribution in [3.8, 4) is 0 Å². The first-order chi connectivity index (χ1) is 7.97. The van der Waals surface area contributed by atoms with Crippen molar-refractivity contribution in [2.24, 2.45) is 5.73 Å². The van der Waals surface area contributed by atoms with Gasteiger partial charge in [-0.2, -0.15) is 0 Å². The second kappa shape index (κ2) is 4.70. The SMILES string of the molecule is NC1CCCC(O)(Cc2cc(F)cc(F)c2)C1. The van der Waals surface area contributed by atoms with Crippen molar-refractivity contribution in [2.45, 2.75) is 43.7 Å². The number of rotatable bonds is 2. The van der Waals surface area contributed by atoms with E-state index in [1.165, 1.54) is 12.1 Å². The van der Waals surface area contributed by atoms with E-state index in [9.17, 15) is 13.9 Å². The van der Waals surface area contributed by atoms with E-state index in [0.717, 1.165) is 18.9 Å². The minimum Gasteiger partial charge on any atom is -0.389 e. The van der Waals surface area contributed by atoms with Gasteiger partial charge in [0.1, 0.15) is 11.6 Å². The fourth-order valence-corrected chi connectivity index (χ4v) is 2.64. The molecule has 0 spiro atoms. The molecule has 17 heavy (non-hydrogen) atoms. The largest absolute Gasteiger partial charge is 0.389 e. The topological polar surface area (TPSA) is 46.2 Å². The Kier molecular flexibility index (Phi) is 3.45. The van der Waals surface area contributed by atoms with Gasteiger partial charge in [0.15, 0.2) is 0 Å². The molecule has 0 bridgehead atoms. The second-order valence-corrected chi connectivity index (χ2v) is 5.04. The van der Waals surface area contributed by atoms with Crippen molar-refractivity contribution >= 4 is 0 Å². The number of benzene rings is 1. The first-order valence-corrected chi connectivity index (χ1v) is 5.90. The Hall–Kier alpha value is -1.00. The monoisotopic (exact) mass is 241 g/mol. The third-order valence-corrected chi connectivity index (χ3v) is 3.31. The zero-order valence-corrected chi connectivity index (χ0v) is 9.63. The van der Waals surface area contributed by atoms with E-state index in [1.807, 2.05) is 0 Å². The van der Waals surface area contributed by atoms with Crippen LogP contribution in [0.3, 0.4) is 0 Å². The average molecular weight is 241 g/mol. The lowest BCUT2D eigenvalue weighted by atomic mass is 9.78. The fraction of sp³-hybridized carbons (Fsp3) is 0.538. The smallest absolute Gasteiger partial charge is 0.126 e. The van der Waals surface area contributed by atoms with Gasteiger partial charge in [-0.05, 0) is 43.4 Å². The van der Waals surface area contributed by atoms with Crippen molar-refractivity contribution in [3.63, 3.8) is 0 Å². The summed E-state index contributed by atoms with van der Waals surface area (Å²) >= 11 is 0. The zero-order chi connectivity index (χ0) is 12.5. The van der Waals surface area contributed by atoms with E-state index in [-0.39, 0.29) is 12.5 Å². The molecule has 2 nitrogen and oxygen atoms in total. The predicted molar refractivity (Wildman–Crippen MR) is 61.5 cm³/mol. The Bertz CT molecular complexity index is 390. The van der Waals surface area contributed by atoms with Crippen molar-refractivity contribution in [3.05, 3.63) is 35.4 Å². The minimum atomic E-state index is -0.919. The molecule has 2 rings (SSSR count). The van der Waals surface area contributed by atoms with Crippen LogP contribution >= 0.6 is 0 Å². The third kappa shape index (κ3) is 3.23. The minimum absolute atomic E-state index is 0.0212.